The van der Waals surface area contributed by atoms with Crippen molar-refractivity contribution in [3.8, 4) is 11.5 Å². The summed E-state index contributed by atoms with van der Waals surface area (Å²) < 4.78 is 11.4. The average Bonchev–Trinajstić information content (AvgIpc) is 2.70. The van der Waals surface area contributed by atoms with Gasteiger partial charge in [0, 0.05) is 5.56 Å². The molecule has 2 aromatic carbocycles. The molecule has 0 spiro atoms. The Hall–Kier alpha value is -3.68. The largest absolute Gasteiger partial charge is 0.493 e. The highest BCUT2D eigenvalue weighted by Crippen LogP contribution is 2.30. The van der Waals surface area contributed by atoms with Crippen LogP contribution in [0.3, 0.4) is 0 Å². The van der Waals surface area contributed by atoms with E-state index < -0.39 is 5.69 Å². The van der Waals surface area contributed by atoms with Gasteiger partial charge in [0.25, 0.3) is 0 Å². The summed E-state index contributed by atoms with van der Waals surface area (Å²) in [4.78, 5) is 15.1. The average molecular weight is 365 g/mol. The van der Waals surface area contributed by atoms with Crippen LogP contribution in [-0.4, -0.2) is 28.5 Å². The molecule has 0 radical (unpaired) electrons. The monoisotopic (exact) mass is 365 g/mol. The van der Waals surface area contributed by atoms with Crippen molar-refractivity contribution in [2.75, 3.05) is 12.5 Å². The van der Waals surface area contributed by atoms with Gasteiger partial charge < -0.3 is 9.47 Å². The molecule has 0 saturated carbocycles. The van der Waals surface area contributed by atoms with Crippen molar-refractivity contribution in [1.29, 1.82) is 0 Å². The van der Waals surface area contributed by atoms with Crippen molar-refractivity contribution < 1.29 is 9.47 Å². The fraction of sp³-hybridized carbons (Fsp3) is 0.158. The maximum Gasteiger partial charge on any atom is 0.363 e. The molecule has 138 valence electrons. The van der Waals surface area contributed by atoms with Gasteiger partial charge in [-0.3, -0.25) is 5.43 Å². The van der Waals surface area contributed by atoms with Gasteiger partial charge in [-0.25, -0.2) is 9.89 Å². The van der Waals surface area contributed by atoms with Crippen LogP contribution in [0, 0.1) is 6.92 Å². The van der Waals surface area contributed by atoms with E-state index in [0.717, 1.165) is 5.56 Å². The molecular weight excluding hydrogens is 346 g/mol. The Labute approximate surface area is 155 Å². The summed E-state index contributed by atoms with van der Waals surface area (Å²) in [6, 6.07) is 15.3. The molecule has 0 aliphatic heterocycles. The number of benzene rings is 2. The topological polar surface area (TPSA) is 101 Å². The summed E-state index contributed by atoms with van der Waals surface area (Å²) in [6.45, 7) is 2.11. The first-order chi connectivity index (χ1) is 13.2. The van der Waals surface area contributed by atoms with E-state index in [2.05, 4.69) is 25.7 Å². The Morgan fingerprint density at radius 2 is 2.00 bits per heavy atom. The predicted octanol–water partition coefficient (Wildman–Crippen LogP) is 2.51. The number of H-pyrrole nitrogens is 1. The van der Waals surface area contributed by atoms with Gasteiger partial charge in [0.15, 0.2) is 17.3 Å². The number of anilines is 1. The highest BCUT2D eigenvalue weighted by Gasteiger charge is 2.10. The lowest BCUT2D eigenvalue weighted by atomic mass is 10.2. The number of aryl methyl sites for hydroxylation is 1. The van der Waals surface area contributed by atoms with E-state index in [4.69, 9.17) is 9.47 Å². The van der Waals surface area contributed by atoms with E-state index in [-0.39, 0.29) is 5.82 Å². The zero-order valence-corrected chi connectivity index (χ0v) is 15.0. The van der Waals surface area contributed by atoms with Crippen LogP contribution in [0.25, 0.3) is 0 Å². The predicted molar refractivity (Wildman–Crippen MR) is 102 cm³/mol. The third kappa shape index (κ3) is 4.69. The zero-order chi connectivity index (χ0) is 19.1. The number of nitrogens with one attached hydrogen (secondary N) is 2. The number of rotatable bonds is 7. The minimum absolute atomic E-state index is 0.282. The van der Waals surface area contributed by atoms with Gasteiger partial charge in [-0.15, -0.1) is 0 Å². The van der Waals surface area contributed by atoms with Gasteiger partial charge in [-0.2, -0.15) is 15.2 Å². The number of hydrazone groups is 1. The van der Waals surface area contributed by atoms with E-state index in [0.29, 0.717) is 29.4 Å². The Balaban J connectivity index is 1.80. The Morgan fingerprint density at radius 1 is 1.19 bits per heavy atom. The smallest absolute Gasteiger partial charge is 0.363 e. The number of hydrogen-bond donors (Lipinski definition) is 2. The minimum atomic E-state index is -0.549. The molecule has 3 aromatic rings. The Kier molecular flexibility index (Phi) is 5.78. The van der Waals surface area contributed by atoms with Crippen molar-refractivity contribution >= 4 is 12.0 Å². The first-order valence-corrected chi connectivity index (χ1v) is 8.23. The standard InChI is InChI=1S/C19H19N5O3/c1-13-18(21-19(25)24-22-13)23-20-11-15-9-6-10-16(26-2)17(15)27-12-14-7-4-3-5-8-14/h3-11H,12H2,1-2H3,(H2,21,23,24,25). The molecule has 27 heavy (non-hydrogen) atoms. The highest BCUT2D eigenvalue weighted by atomic mass is 16.5. The molecule has 8 heteroatoms. The third-order valence-corrected chi connectivity index (χ3v) is 3.70. The molecule has 0 aliphatic carbocycles. The van der Waals surface area contributed by atoms with Gasteiger partial charge in [0.1, 0.15) is 12.3 Å². The van der Waals surface area contributed by atoms with Crippen LogP contribution in [-0.2, 0) is 6.61 Å². The molecule has 0 saturated heterocycles. The van der Waals surface area contributed by atoms with Gasteiger partial charge in [-0.05, 0) is 24.6 Å². The number of nitrogens with zero attached hydrogens (tertiary/aromatic N) is 3. The van der Waals surface area contributed by atoms with Gasteiger partial charge in [0.2, 0.25) is 0 Å². The molecule has 0 amide bonds. The summed E-state index contributed by atoms with van der Waals surface area (Å²) >= 11 is 0. The summed E-state index contributed by atoms with van der Waals surface area (Å²) in [5.74, 6) is 1.45. The van der Waals surface area contributed by atoms with Crippen LogP contribution in [0.2, 0.25) is 0 Å². The molecule has 0 bridgehead atoms. The zero-order valence-electron chi connectivity index (χ0n) is 15.0. The summed E-state index contributed by atoms with van der Waals surface area (Å²) in [5.41, 5.74) is 4.45. The van der Waals surface area contributed by atoms with E-state index in [1.807, 2.05) is 48.5 Å². The molecule has 3 rings (SSSR count). The van der Waals surface area contributed by atoms with Crippen LogP contribution >= 0.6 is 0 Å². The van der Waals surface area contributed by atoms with Gasteiger partial charge in [0.05, 0.1) is 13.3 Å². The molecule has 2 N–H and O–H groups in total. The number of ether oxygens (including phenoxy) is 2. The summed E-state index contributed by atoms with van der Waals surface area (Å²) in [6.07, 6.45) is 1.57. The molecular formula is C19H19N5O3. The second kappa shape index (κ2) is 8.61. The SMILES string of the molecule is COc1cccc(C=NNc2nc(=O)[nH]nc2C)c1OCc1ccccc1. The fourth-order valence-electron chi connectivity index (χ4n) is 2.34. The van der Waals surface area contributed by atoms with Crippen LogP contribution in [0.15, 0.2) is 58.4 Å². The maximum atomic E-state index is 11.3. The van der Waals surface area contributed by atoms with Crippen molar-refractivity contribution in [2.24, 2.45) is 5.10 Å². The molecule has 0 unspecified atom stereocenters. The molecule has 1 heterocycles. The molecule has 0 atom stereocenters. The molecule has 0 fully saturated rings. The Morgan fingerprint density at radius 3 is 2.78 bits per heavy atom. The number of aromatic nitrogens is 3. The summed E-state index contributed by atoms with van der Waals surface area (Å²) in [5, 5.41) is 10.2. The van der Waals surface area contributed by atoms with Crippen molar-refractivity contribution in [2.45, 2.75) is 13.5 Å². The Bertz CT molecular complexity index is 986. The van der Waals surface area contributed by atoms with Crippen LogP contribution in [0.1, 0.15) is 16.8 Å². The van der Waals surface area contributed by atoms with Crippen LogP contribution in [0.4, 0.5) is 5.82 Å². The van der Waals surface area contributed by atoms with Crippen LogP contribution < -0.4 is 20.6 Å². The number of aromatic amines is 1. The second-order valence-corrected chi connectivity index (χ2v) is 5.60. The lowest BCUT2D eigenvalue weighted by molar-refractivity contribution is 0.284. The van der Waals surface area contributed by atoms with Gasteiger partial charge >= 0.3 is 5.69 Å². The van der Waals surface area contributed by atoms with E-state index in [9.17, 15) is 4.79 Å². The molecule has 1 aromatic heterocycles. The molecule has 0 aliphatic rings. The number of hydrogen-bond acceptors (Lipinski definition) is 7. The normalized spacial score (nSPS) is 10.7. The van der Waals surface area contributed by atoms with Gasteiger partial charge in [-0.1, -0.05) is 36.4 Å². The third-order valence-electron chi connectivity index (χ3n) is 3.70. The lowest BCUT2D eigenvalue weighted by Crippen LogP contribution is -2.15. The molecule has 8 nitrogen and oxygen atoms in total. The number of para-hydroxylation sites is 1. The van der Waals surface area contributed by atoms with E-state index in [1.54, 1.807) is 20.2 Å². The van der Waals surface area contributed by atoms with Crippen molar-refractivity contribution in [3.05, 3.63) is 75.8 Å². The lowest BCUT2D eigenvalue weighted by Gasteiger charge is -2.13. The first-order valence-electron chi connectivity index (χ1n) is 8.23. The van der Waals surface area contributed by atoms with Crippen LogP contribution in [0.5, 0.6) is 11.5 Å². The first kappa shape index (κ1) is 18.1. The fourth-order valence-corrected chi connectivity index (χ4v) is 2.34. The minimum Gasteiger partial charge on any atom is -0.493 e. The number of methoxy groups -OCH3 is 1. The van der Waals surface area contributed by atoms with Crippen molar-refractivity contribution in [3.63, 3.8) is 0 Å². The highest BCUT2D eigenvalue weighted by molar-refractivity contribution is 5.85. The maximum absolute atomic E-state index is 11.3. The van der Waals surface area contributed by atoms with E-state index in [1.165, 1.54) is 0 Å². The van der Waals surface area contributed by atoms with E-state index >= 15 is 0 Å². The second-order valence-electron chi connectivity index (χ2n) is 5.60. The quantitative estimate of drug-likeness (QED) is 0.493. The summed E-state index contributed by atoms with van der Waals surface area (Å²) in [7, 11) is 1.58. The van der Waals surface area contributed by atoms with Crippen molar-refractivity contribution in [1.82, 2.24) is 15.2 Å².